The second-order valence-electron chi connectivity index (χ2n) is 5.94. The number of aromatic nitrogens is 5. The van der Waals surface area contributed by atoms with Crippen molar-refractivity contribution >= 4 is 5.65 Å². The van der Waals surface area contributed by atoms with Crippen molar-refractivity contribution < 1.29 is 0 Å². The summed E-state index contributed by atoms with van der Waals surface area (Å²) in [7, 11) is 0. The first-order chi connectivity index (χ1) is 10.6. The zero-order valence-electron chi connectivity index (χ0n) is 12.0. The Labute approximate surface area is 125 Å². The summed E-state index contributed by atoms with van der Waals surface area (Å²) in [5.74, 6) is 1.16. The van der Waals surface area contributed by atoms with Crippen molar-refractivity contribution in [3.05, 3.63) is 51.1 Å². The van der Waals surface area contributed by atoms with Crippen LogP contribution >= 0.6 is 0 Å². The average molecular weight is 297 g/mol. The van der Waals surface area contributed by atoms with E-state index in [9.17, 15) is 9.59 Å². The number of H-pyrrole nitrogens is 2. The molecule has 0 atom stereocenters. The highest BCUT2D eigenvalue weighted by molar-refractivity contribution is 5.62. The first-order valence-corrected chi connectivity index (χ1v) is 7.28. The van der Waals surface area contributed by atoms with Crippen LogP contribution in [-0.4, -0.2) is 24.6 Å². The highest BCUT2D eigenvalue weighted by Gasteiger charge is 2.29. The molecule has 1 fully saturated rings. The Balaban J connectivity index is 1.91. The predicted octanol–water partition coefficient (Wildman–Crippen LogP) is 1.29. The van der Waals surface area contributed by atoms with Crippen LogP contribution in [0.25, 0.3) is 16.9 Å². The van der Waals surface area contributed by atoms with Gasteiger partial charge < -0.3 is 4.98 Å². The molecule has 1 saturated carbocycles. The SMILES string of the molecule is C[C@H]1C[C@H](c2cc(-c3c[nH]c(=O)[nH]c3=O)nn3ccnc23)C1. The molecule has 3 aromatic heterocycles. The Morgan fingerprint density at radius 2 is 2.14 bits per heavy atom. The topological polar surface area (TPSA) is 95.9 Å². The van der Waals surface area contributed by atoms with Crippen LogP contribution in [0.3, 0.4) is 0 Å². The largest absolute Gasteiger partial charge is 0.325 e. The average Bonchev–Trinajstić information content (AvgIpc) is 2.91. The lowest BCUT2D eigenvalue weighted by Crippen LogP contribution is -2.24. The van der Waals surface area contributed by atoms with Gasteiger partial charge in [0.25, 0.3) is 5.56 Å². The molecule has 0 spiro atoms. The number of imidazole rings is 1. The number of hydrogen-bond acceptors (Lipinski definition) is 4. The van der Waals surface area contributed by atoms with Gasteiger partial charge >= 0.3 is 5.69 Å². The zero-order chi connectivity index (χ0) is 15.3. The minimum Gasteiger partial charge on any atom is -0.313 e. The van der Waals surface area contributed by atoms with E-state index < -0.39 is 11.2 Å². The van der Waals surface area contributed by atoms with Crippen molar-refractivity contribution in [3.63, 3.8) is 0 Å². The summed E-state index contributed by atoms with van der Waals surface area (Å²) in [6, 6.07) is 1.92. The highest BCUT2D eigenvalue weighted by atomic mass is 16.2. The molecule has 112 valence electrons. The Morgan fingerprint density at radius 1 is 1.32 bits per heavy atom. The summed E-state index contributed by atoms with van der Waals surface area (Å²) in [6.45, 7) is 2.23. The molecule has 22 heavy (non-hydrogen) atoms. The third-order valence-electron chi connectivity index (χ3n) is 4.30. The van der Waals surface area contributed by atoms with Crippen LogP contribution in [0.2, 0.25) is 0 Å². The predicted molar refractivity (Wildman–Crippen MR) is 80.8 cm³/mol. The summed E-state index contributed by atoms with van der Waals surface area (Å²) in [6.07, 6.45) is 7.11. The third kappa shape index (κ3) is 1.97. The molecule has 7 nitrogen and oxygen atoms in total. The minimum absolute atomic E-state index is 0.351. The van der Waals surface area contributed by atoms with Gasteiger partial charge in [-0.1, -0.05) is 6.92 Å². The monoisotopic (exact) mass is 297 g/mol. The number of rotatable bonds is 2. The van der Waals surface area contributed by atoms with Crippen LogP contribution in [0, 0.1) is 5.92 Å². The van der Waals surface area contributed by atoms with Gasteiger partial charge in [0.15, 0.2) is 5.65 Å². The maximum Gasteiger partial charge on any atom is 0.325 e. The smallest absolute Gasteiger partial charge is 0.313 e. The molecule has 0 aliphatic heterocycles. The molecule has 7 heteroatoms. The Bertz CT molecular complexity index is 962. The van der Waals surface area contributed by atoms with Crippen LogP contribution in [0.15, 0.2) is 34.2 Å². The minimum atomic E-state index is -0.523. The molecule has 0 radical (unpaired) electrons. The first-order valence-electron chi connectivity index (χ1n) is 7.28. The van der Waals surface area contributed by atoms with E-state index in [0.717, 1.165) is 24.1 Å². The van der Waals surface area contributed by atoms with Crippen molar-refractivity contribution in [3.8, 4) is 11.3 Å². The number of nitrogens with one attached hydrogen (secondary N) is 2. The molecule has 0 bridgehead atoms. The lowest BCUT2D eigenvalue weighted by Gasteiger charge is -2.33. The number of aromatic amines is 2. The van der Waals surface area contributed by atoms with Crippen molar-refractivity contribution in [2.24, 2.45) is 5.92 Å². The van der Waals surface area contributed by atoms with E-state index in [-0.39, 0.29) is 0 Å². The van der Waals surface area contributed by atoms with E-state index in [4.69, 9.17) is 0 Å². The lowest BCUT2D eigenvalue weighted by molar-refractivity contribution is 0.289. The van der Waals surface area contributed by atoms with E-state index in [1.165, 1.54) is 6.20 Å². The van der Waals surface area contributed by atoms with Crippen molar-refractivity contribution in [1.82, 2.24) is 24.6 Å². The summed E-state index contributed by atoms with van der Waals surface area (Å²) < 4.78 is 1.69. The van der Waals surface area contributed by atoms with Gasteiger partial charge in [0.05, 0.1) is 11.3 Å². The fourth-order valence-electron chi connectivity index (χ4n) is 3.13. The van der Waals surface area contributed by atoms with Crippen LogP contribution in [-0.2, 0) is 0 Å². The molecular formula is C15H15N5O2. The van der Waals surface area contributed by atoms with Gasteiger partial charge in [0.2, 0.25) is 0 Å². The van der Waals surface area contributed by atoms with Gasteiger partial charge in [0, 0.05) is 24.2 Å². The van der Waals surface area contributed by atoms with E-state index >= 15 is 0 Å². The molecular weight excluding hydrogens is 282 g/mol. The van der Waals surface area contributed by atoms with Crippen LogP contribution < -0.4 is 11.2 Å². The van der Waals surface area contributed by atoms with E-state index in [1.54, 1.807) is 16.9 Å². The fraction of sp³-hybridized carbons (Fsp3) is 0.333. The molecule has 1 aliphatic rings. The molecule has 0 saturated heterocycles. The molecule has 2 N–H and O–H groups in total. The Kier molecular flexibility index (Phi) is 2.75. The van der Waals surface area contributed by atoms with E-state index in [0.29, 0.717) is 23.1 Å². The van der Waals surface area contributed by atoms with Crippen molar-refractivity contribution in [2.45, 2.75) is 25.7 Å². The van der Waals surface area contributed by atoms with Crippen molar-refractivity contribution in [2.75, 3.05) is 0 Å². The van der Waals surface area contributed by atoms with Crippen LogP contribution in [0.1, 0.15) is 31.2 Å². The molecule has 0 aromatic carbocycles. The van der Waals surface area contributed by atoms with Gasteiger partial charge in [-0.05, 0) is 30.7 Å². The summed E-state index contributed by atoms with van der Waals surface area (Å²) in [5, 5.41) is 4.43. The van der Waals surface area contributed by atoms with Crippen LogP contribution in [0.5, 0.6) is 0 Å². The van der Waals surface area contributed by atoms with Gasteiger partial charge in [0.1, 0.15) is 0 Å². The maximum atomic E-state index is 12.0. The normalized spacial score (nSPS) is 21.0. The molecule has 0 amide bonds. The van der Waals surface area contributed by atoms with E-state index in [2.05, 4.69) is 27.0 Å². The van der Waals surface area contributed by atoms with E-state index in [1.807, 2.05) is 6.07 Å². The Hall–Kier alpha value is -2.70. The molecule has 0 unspecified atom stereocenters. The van der Waals surface area contributed by atoms with Gasteiger partial charge in [-0.2, -0.15) is 5.10 Å². The highest BCUT2D eigenvalue weighted by Crippen LogP contribution is 2.42. The summed E-state index contributed by atoms with van der Waals surface area (Å²) in [5.41, 5.74) is 1.87. The van der Waals surface area contributed by atoms with Gasteiger partial charge in [-0.3, -0.25) is 9.78 Å². The standard InChI is InChI=1S/C15H15N5O2/c1-8-4-9(5-8)10-6-12(19-20-3-2-16-13(10)20)11-7-17-15(22)18-14(11)21/h2-3,6-9H,4-5H2,1H3,(H2,17,18,21,22)/t8-,9-. The number of hydrogen-bond donors (Lipinski definition) is 2. The number of fused-ring (bicyclic) bond motifs is 1. The molecule has 1 aliphatic carbocycles. The summed E-state index contributed by atoms with van der Waals surface area (Å²) in [4.78, 5) is 32.3. The zero-order valence-corrected chi connectivity index (χ0v) is 12.0. The lowest BCUT2D eigenvalue weighted by atomic mass is 9.72. The third-order valence-corrected chi connectivity index (χ3v) is 4.30. The van der Waals surface area contributed by atoms with Gasteiger partial charge in [-0.25, -0.2) is 14.3 Å². The van der Waals surface area contributed by atoms with Crippen molar-refractivity contribution in [1.29, 1.82) is 0 Å². The number of nitrogens with zero attached hydrogens (tertiary/aromatic N) is 3. The molecule has 3 aromatic rings. The maximum absolute atomic E-state index is 12.0. The summed E-state index contributed by atoms with van der Waals surface area (Å²) >= 11 is 0. The molecule has 3 heterocycles. The second kappa shape index (κ2) is 4.66. The Morgan fingerprint density at radius 3 is 2.86 bits per heavy atom. The quantitative estimate of drug-likeness (QED) is 0.745. The van der Waals surface area contributed by atoms with Gasteiger partial charge in [-0.15, -0.1) is 0 Å². The molecule has 4 rings (SSSR count). The second-order valence-corrected chi connectivity index (χ2v) is 5.94. The van der Waals surface area contributed by atoms with Crippen LogP contribution in [0.4, 0.5) is 0 Å². The fourth-order valence-corrected chi connectivity index (χ4v) is 3.13. The first kappa shape index (κ1) is 13.0.